The average Bonchev–Trinajstić information content (AvgIpc) is 3.18. The number of aryl methyl sites for hydroxylation is 2. The molecule has 0 saturated heterocycles. The van der Waals surface area contributed by atoms with Crippen molar-refractivity contribution >= 4 is 17.5 Å². The Bertz CT molecular complexity index is 1030. The molecule has 0 saturated carbocycles. The molecule has 7 nitrogen and oxygen atoms in total. The van der Waals surface area contributed by atoms with E-state index in [9.17, 15) is 9.59 Å². The summed E-state index contributed by atoms with van der Waals surface area (Å²) in [6, 6.07) is 14.6. The zero-order valence-corrected chi connectivity index (χ0v) is 16.1. The summed E-state index contributed by atoms with van der Waals surface area (Å²) in [5.41, 5.74) is 3.58. The fraction of sp³-hybridized carbons (Fsp3) is 0.227. The van der Waals surface area contributed by atoms with Gasteiger partial charge in [0.05, 0.1) is 11.9 Å². The van der Waals surface area contributed by atoms with E-state index in [0.29, 0.717) is 23.6 Å². The van der Waals surface area contributed by atoms with Gasteiger partial charge < -0.3 is 15.4 Å². The second kappa shape index (κ2) is 8.18. The van der Waals surface area contributed by atoms with Gasteiger partial charge in [0.1, 0.15) is 5.75 Å². The van der Waals surface area contributed by atoms with E-state index in [1.165, 1.54) is 5.56 Å². The first-order chi connectivity index (χ1) is 14.1. The maximum Gasteiger partial charge on any atom is 0.313 e. The van der Waals surface area contributed by atoms with Crippen LogP contribution < -0.4 is 15.4 Å². The first kappa shape index (κ1) is 18.7. The third kappa shape index (κ3) is 4.45. The molecule has 2 amide bonds. The second-order valence-corrected chi connectivity index (χ2v) is 7.16. The van der Waals surface area contributed by atoms with Crippen LogP contribution in [-0.4, -0.2) is 28.1 Å². The zero-order valence-electron chi connectivity index (χ0n) is 16.1. The standard InChI is InChI=1S/C22H22N4O3/c1-14-7-10-20(29-17-5-3-2-4-6-17)19(11-14)25-22(28)21(27)24-16-9-8-15-13-23-26-18(15)12-16/h2-7,10-11,13,16H,8-9,12H2,1H3,(H,23,26)(H,24,27)(H,25,28)/t16-/m0/s1. The molecule has 1 heterocycles. The summed E-state index contributed by atoms with van der Waals surface area (Å²) in [7, 11) is 0. The maximum atomic E-state index is 12.5. The van der Waals surface area contributed by atoms with Crippen molar-refractivity contribution in [2.75, 3.05) is 5.32 Å². The number of aromatic amines is 1. The second-order valence-electron chi connectivity index (χ2n) is 7.16. The van der Waals surface area contributed by atoms with Gasteiger partial charge in [-0.1, -0.05) is 24.3 Å². The first-order valence-corrected chi connectivity index (χ1v) is 9.55. The molecule has 0 fully saturated rings. The number of nitrogens with one attached hydrogen (secondary N) is 3. The number of nitrogens with zero attached hydrogens (tertiary/aromatic N) is 1. The number of fused-ring (bicyclic) bond motifs is 1. The highest BCUT2D eigenvalue weighted by Crippen LogP contribution is 2.30. The molecule has 1 aliphatic carbocycles. The number of H-pyrrole nitrogens is 1. The Morgan fingerprint density at radius 1 is 1.14 bits per heavy atom. The van der Waals surface area contributed by atoms with E-state index in [4.69, 9.17) is 4.74 Å². The Morgan fingerprint density at radius 3 is 2.79 bits per heavy atom. The lowest BCUT2D eigenvalue weighted by Crippen LogP contribution is -2.44. The molecule has 0 unspecified atom stereocenters. The number of benzene rings is 2. The topological polar surface area (TPSA) is 96.1 Å². The van der Waals surface area contributed by atoms with E-state index >= 15 is 0 Å². The van der Waals surface area contributed by atoms with Gasteiger partial charge in [0.15, 0.2) is 5.75 Å². The number of carbonyl (C=O) groups excluding carboxylic acids is 2. The van der Waals surface area contributed by atoms with Gasteiger partial charge in [-0.15, -0.1) is 0 Å². The molecule has 7 heteroatoms. The van der Waals surface area contributed by atoms with Gasteiger partial charge >= 0.3 is 11.8 Å². The zero-order chi connectivity index (χ0) is 20.2. The molecule has 0 bridgehead atoms. The lowest BCUT2D eigenvalue weighted by Gasteiger charge is -2.22. The molecule has 148 valence electrons. The molecular weight excluding hydrogens is 368 g/mol. The van der Waals surface area contributed by atoms with Crippen molar-refractivity contribution in [1.82, 2.24) is 15.5 Å². The van der Waals surface area contributed by atoms with Crippen LogP contribution in [-0.2, 0) is 22.4 Å². The number of ether oxygens (including phenoxy) is 1. The van der Waals surface area contributed by atoms with Gasteiger partial charge in [-0.25, -0.2) is 0 Å². The summed E-state index contributed by atoms with van der Waals surface area (Å²) in [5.74, 6) is -0.259. The average molecular weight is 390 g/mol. The first-order valence-electron chi connectivity index (χ1n) is 9.55. The Morgan fingerprint density at radius 2 is 1.97 bits per heavy atom. The highest BCUT2D eigenvalue weighted by Gasteiger charge is 2.24. The van der Waals surface area contributed by atoms with Gasteiger partial charge in [-0.3, -0.25) is 14.7 Å². The monoisotopic (exact) mass is 390 g/mol. The van der Waals surface area contributed by atoms with E-state index in [1.807, 2.05) is 49.5 Å². The molecule has 3 aromatic rings. The lowest BCUT2D eigenvalue weighted by atomic mass is 9.94. The molecule has 29 heavy (non-hydrogen) atoms. The molecule has 0 radical (unpaired) electrons. The summed E-state index contributed by atoms with van der Waals surface area (Å²) in [6.45, 7) is 1.91. The SMILES string of the molecule is Cc1ccc(Oc2ccccc2)c(NC(=O)C(=O)N[C@H]2CCc3cn[nH]c3C2)c1. The summed E-state index contributed by atoms with van der Waals surface area (Å²) < 4.78 is 5.87. The summed E-state index contributed by atoms with van der Waals surface area (Å²) >= 11 is 0. The van der Waals surface area contributed by atoms with Gasteiger partial charge in [-0.05, 0) is 55.2 Å². The van der Waals surface area contributed by atoms with Crippen LogP contribution in [0.4, 0.5) is 5.69 Å². The van der Waals surface area contributed by atoms with Gasteiger partial charge in [0, 0.05) is 18.2 Å². The normalized spacial score (nSPS) is 15.3. The minimum absolute atomic E-state index is 0.0984. The molecule has 0 aliphatic heterocycles. The van der Waals surface area contributed by atoms with Crippen LogP contribution in [0, 0.1) is 6.92 Å². The highest BCUT2D eigenvalue weighted by atomic mass is 16.5. The molecule has 4 rings (SSSR count). The van der Waals surface area contributed by atoms with Crippen molar-refractivity contribution in [2.45, 2.75) is 32.2 Å². The van der Waals surface area contributed by atoms with Crippen molar-refractivity contribution in [1.29, 1.82) is 0 Å². The van der Waals surface area contributed by atoms with Crippen LogP contribution in [0.3, 0.4) is 0 Å². The molecule has 0 spiro atoms. The molecule has 2 aromatic carbocycles. The minimum atomic E-state index is -0.719. The Kier molecular flexibility index (Phi) is 5.29. The highest BCUT2D eigenvalue weighted by molar-refractivity contribution is 6.39. The largest absolute Gasteiger partial charge is 0.455 e. The van der Waals surface area contributed by atoms with Crippen LogP contribution >= 0.6 is 0 Å². The smallest absolute Gasteiger partial charge is 0.313 e. The van der Waals surface area contributed by atoms with E-state index in [0.717, 1.165) is 24.1 Å². The van der Waals surface area contributed by atoms with Crippen molar-refractivity contribution in [3.8, 4) is 11.5 Å². The van der Waals surface area contributed by atoms with Crippen LogP contribution in [0.5, 0.6) is 11.5 Å². The van der Waals surface area contributed by atoms with Crippen LogP contribution in [0.1, 0.15) is 23.2 Å². The number of rotatable bonds is 4. The van der Waals surface area contributed by atoms with Crippen molar-refractivity contribution in [3.63, 3.8) is 0 Å². The van der Waals surface area contributed by atoms with E-state index in [-0.39, 0.29) is 6.04 Å². The third-order valence-corrected chi connectivity index (χ3v) is 4.92. The Hall–Kier alpha value is -3.61. The number of aromatic nitrogens is 2. The maximum absolute atomic E-state index is 12.5. The molecular formula is C22H22N4O3. The molecule has 3 N–H and O–H groups in total. The fourth-order valence-electron chi connectivity index (χ4n) is 3.41. The number of para-hydroxylation sites is 1. The quantitative estimate of drug-likeness (QED) is 0.597. The number of hydrogen-bond donors (Lipinski definition) is 3. The van der Waals surface area contributed by atoms with E-state index < -0.39 is 11.8 Å². The number of amides is 2. The van der Waals surface area contributed by atoms with Crippen LogP contribution in [0.25, 0.3) is 0 Å². The molecule has 1 aromatic heterocycles. The van der Waals surface area contributed by atoms with E-state index in [1.54, 1.807) is 12.1 Å². The predicted molar refractivity (Wildman–Crippen MR) is 109 cm³/mol. The number of hydrogen-bond acceptors (Lipinski definition) is 4. The Labute approximate surface area is 168 Å². The molecule has 1 atom stereocenters. The predicted octanol–water partition coefficient (Wildman–Crippen LogP) is 3.12. The molecule has 1 aliphatic rings. The van der Waals surface area contributed by atoms with Crippen molar-refractivity contribution in [2.24, 2.45) is 0 Å². The summed E-state index contributed by atoms with van der Waals surface area (Å²) in [6.07, 6.45) is 4.05. The summed E-state index contributed by atoms with van der Waals surface area (Å²) in [5, 5.41) is 12.5. The third-order valence-electron chi connectivity index (χ3n) is 4.92. The van der Waals surface area contributed by atoms with Crippen LogP contribution in [0.15, 0.2) is 54.7 Å². The van der Waals surface area contributed by atoms with Gasteiger partial charge in [0.2, 0.25) is 0 Å². The van der Waals surface area contributed by atoms with Gasteiger partial charge in [0.25, 0.3) is 0 Å². The minimum Gasteiger partial charge on any atom is -0.455 e. The van der Waals surface area contributed by atoms with Crippen molar-refractivity contribution in [3.05, 3.63) is 71.5 Å². The fourth-order valence-corrected chi connectivity index (χ4v) is 3.41. The Balaban J connectivity index is 1.42. The summed E-state index contributed by atoms with van der Waals surface area (Å²) in [4.78, 5) is 24.9. The van der Waals surface area contributed by atoms with E-state index in [2.05, 4.69) is 20.8 Å². The lowest BCUT2D eigenvalue weighted by molar-refractivity contribution is -0.136. The van der Waals surface area contributed by atoms with Gasteiger partial charge in [-0.2, -0.15) is 5.10 Å². The number of carbonyl (C=O) groups is 2. The van der Waals surface area contributed by atoms with Crippen LogP contribution in [0.2, 0.25) is 0 Å². The number of anilines is 1. The van der Waals surface area contributed by atoms with Crippen molar-refractivity contribution < 1.29 is 14.3 Å².